The Morgan fingerprint density at radius 2 is 1.50 bits per heavy atom. The number of carbonyl (C=O) groups excluding carboxylic acids is 5. The molecule has 3 aliphatic heterocycles. The normalized spacial score (nSPS) is 30.9. The average molecular weight is 602 g/mol. The maximum atomic E-state index is 13.9. The van der Waals surface area contributed by atoms with Crippen molar-refractivity contribution in [3.8, 4) is 6.07 Å². The van der Waals surface area contributed by atoms with Gasteiger partial charge in [0, 0.05) is 51.1 Å². The number of methoxy groups -OCH3 is 2. The summed E-state index contributed by atoms with van der Waals surface area (Å²) in [7, 11) is 4.49. The van der Waals surface area contributed by atoms with Gasteiger partial charge >= 0.3 is 5.97 Å². The minimum atomic E-state index is -0.953. The molecule has 0 aromatic carbocycles. The van der Waals surface area contributed by atoms with Gasteiger partial charge in [0.2, 0.25) is 11.6 Å². The monoisotopic (exact) mass is 601 g/mol. The van der Waals surface area contributed by atoms with Crippen LogP contribution in [0.25, 0.3) is 0 Å². The molecule has 0 aromatic rings. The van der Waals surface area contributed by atoms with Crippen LogP contribution in [-0.4, -0.2) is 97.0 Å². The number of nitriles is 1. The SMILES string of the molecule is COC1=C(C)C(=O)C2=C(C1=O)[C@@H]1[C@@H]3CC4=C(C(=O)C(OC)=C(C)C4=O)[C@H](COC(=O)C4=CCCCC4)N3[C@@H](C#N)[C@H](C2)N1C. The average Bonchev–Trinajstić information content (AvgIpc) is 3.02. The van der Waals surface area contributed by atoms with Crippen LogP contribution in [0.3, 0.4) is 0 Å². The Labute approximate surface area is 255 Å². The molecule has 11 heteroatoms. The quantitative estimate of drug-likeness (QED) is 0.338. The van der Waals surface area contributed by atoms with Crippen molar-refractivity contribution in [1.29, 1.82) is 5.26 Å². The maximum Gasteiger partial charge on any atom is 0.333 e. The first-order valence-corrected chi connectivity index (χ1v) is 15.0. The molecule has 0 aromatic heterocycles. The number of allylic oxidation sites excluding steroid dienone is 5. The zero-order chi connectivity index (χ0) is 31.6. The first kappa shape index (κ1) is 29.9. The van der Waals surface area contributed by atoms with Crippen LogP contribution < -0.4 is 0 Å². The number of hydrogen-bond acceptors (Lipinski definition) is 11. The van der Waals surface area contributed by atoms with Gasteiger partial charge in [-0.1, -0.05) is 6.08 Å². The highest BCUT2D eigenvalue weighted by Gasteiger charge is 2.60. The van der Waals surface area contributed by atoms with Gasteiger partial charge in [0.25, 0.3) is 0 Å². The fourth-order valence-electron chi connectivity index (χ4n) is 8.05. The van der Waals surface area contributed by atoms with Gasteiger partial charge in [0.1, 0.15) is 12.6 Å². The zero-order valence-electron chi connectivity index (χ0n) is 25.5. The van der Waals surface area contributed by atoms with Gasteiger partial charge < -0.3 is 14.2 Å². The van der Waals surface area contributed by atoms with Crippen LogP contribution in [0.5, 0.6) is 0 Å². The Hall–Kier alpha value is -4.14. The Morgan fingerprint density at radius 3 is 2.07 bits per heavy atom. The number of piperazine rings is 1. The summed E-state index contributed by atoms with van der Waals surface area (Å²) in [5, 5.41) is 10.6. The van der Waals surface area contributed by atoms with Crippen molar-refractivity contribution < 1.29 is 38.2 Å². The third-order valence-corrected chi connectivity index (χ3v) is 10.1. The van der Waals surface area contributed by atoms with Gasteiger partial charge in [-0.15, -0.1) is 0 Å². The molecule has 3 aliphatic carbocycles. The van der Waals surface area contributed by atoms with E-state index >= 15 is 0 Å². The third-order valence-electron chi connectivity index (χ3n) is 10.1. The van der Waals surface area contributed by atoms with E-state index in [0.29, 0.717) is 17.6 Å². The van der Waals surface area contributed by atoms with Crippen LogP contribution in [0.2, 0.25) is 0 Å². The molecule has 6 aliphatic rings. The van der Waals surface area contributed by atoms with Crippen molar-refractivity contribution >= 4 is 29.1 Å². The Bertz CT molecular complexity index is 1620. The summed E-state index contributed by atoms with van der Waals surface area (Å²) < 4.78 is 16.6. The molecule has 0 unspecified atom stereocenters. The Morgan fingerprint density at radius 1 is 0.909 bits per heavy atom. The van der Waals surface area contributed by atoms with Crippen molar-refractivity contribution in [2.24, 2.45) is 0 Å². The second-order valence-electron chi connectivity index (χ2n) is 12.2. The minimum absolute atomic E-state index is 0.0241. The molecule has 0 spiro atoms. The van der Waals surface area contributed by atoms with E-state index in [1.165, 1.54) is 21.1 Å². The zero-order valence-corrected chi connectivity index (χ0v) is 25.5. The number of esters is 1. The fourth-order valence-corrected chi connectivity index (χ4v) is 8.05. The molecule has 230 valence electrons. The van der Waals surface area contributed by atoms with Crippen LogP contribution in [0, 0.1) is 11.3 Å². The lowest BCUT2D eigenvalue weighted by Crippen LogP contribution is -2.74. The number of ether oxygens (including phenoxy) is 3. The molecule has 0 saturated carbocycles. The number of likely N-dealkylation sites (N-methyl/N-ethyl adjacent to an activating group) is 1. The van der Waals surface area contributed by atoms with E-state index in [2.05, 4.69) is 6.07 Å². The number of carbonyl (C=O) groups is 5. The second-order valence-corrected chi connectivity index (χ2v) is 12.2. The summed E-state index contributed by atoms with van der Waals surface area (Å²) in [4.78, 5) is 72.1. The molecule has 0 radical (unpaired) electrons. The molecule has 0 amide bonds. The van der Waals surface area contributed by atoms with Crippen molar-refractivity contribution in [3.63, 3.8) is 0 Å². The predicted molar refractivity (Wildman–Crippen MR) is 154 cm³/mol. The summed E-state index contributed by atoms with van der Waals surface area (Å²) in [6.45, 7) is 2.82. The highest BCUT2D eigenvalue weighted by Crippen LogP contribution is 2.49. The topological polar surface area (TPSA) is 143 Å². The van der Waals surface area contributed by atoms with Crippen molar-refractivity contribution in [2.75, 3.05) is 27.9 Å². The highest BCUT2D eigenvalue weighted by molar-refractivity contribution is 6.26. The van der Waals surface area contributed by atoms with E-state index in [-0.39, 0.29) is 70.4 Å². The number of nitrogens with zero attached hydrogens (tertiary/aromatic N) is 3. The summed E-state index contributed by atoms with van der Waals surface area (Å²) in [5.74, 6) is -2.15. The minimum Gasteiger partial charge on any atom is -0.492 e. The summed E-state index contributed by atoms with van der Waals surface area (Å²) in [6.07, 6.45) is 5.29. The van der Waals surface area contributed by atoms with Crippen molar-refractivity contribution in [3.05, 3.63) is 56.6 Å². The first-order chi connectivity index (χ1) is 21.1. The summed E-state index contributed by atoms with van der Waals surface area (Å²) in [6, 6.07) is -1.27. The highest BCUT2D eigenvalue weighted by atomic mass is 16.5. The Kier molecular flexibility index (Phi) is 7.54. The molecule has 2 bridgehead atoms. The number of fused-ring (bicyclic) bond motifs is 5. The molecule has 11 nitrogen and oxygen atoms in total. The lowest BCUT2D eigenvalue weighted by molar-refractivity contribution is -0.144. The van der Waals surface area contributed by atoms with Gasteiger partial charge in [-0.2, -0.15) is 5.26 Å². The van der Waals surface area contributed by atoms with E-state index in [9.17, 15) is 29.2 Å². The molecule has 44 heavy (non-hydrogen) atoms. The van der Waals surface area contributed by atoms with E-state index in [0.717, 1.165) is 19.3 Å². The third kappa shape index (κ3) is 4.19. The molecule has 1 fully saturated rings. The van der Waals surface area contributed by atoms with Gasteiger partial charge in [-0.05, 0) is 59.4 Å². The van der Waals surface area contributed by atoms with Crippen LogP contribution in [-0.2, 0) is 38.2 Å². The Balaban J connectivity index is 1.49. The summed E-state index contributed by atoms with van der Waals surface area (Å²) >= 11 is 0. The van der Waals surface area contributed by atoms with Gasteiger partial charge in [-0.3, -0.25) is 29.0 Å². The number of rotatable bonds is 5. The smallest absolute Gasteiger partial charge is 0.333 e. The molecule has 3 heterocycles. The second kappa shape index (κ2) is 11.1. The van der Waals surface area contributed by atoms with E-state index in [1.807, 2.05) is 22.9 Å². The standard InChI is InChI=1S/C33H35N3O8/c1-15-27(37)18-12-21-26-25-19(28(38)16(2)32(43-5)30(25)40)11-20(35(26)3)22(13-34)36(21)23(24(18)29(39)31(15)42-4)14-44-33(41)17-9-7-6-8-10-17/h9,20-23,26H,6-8,10-12,14H2,1-5H3/t20-,21-,22-,23-,26-/m0/s1. The van der Waals surface area contributed by atoms with Crippen molar-refractivity contribution in [2.45, 2.75) is 82.6 Å². The molecule has 5 atom stereocenters. The van der Waals surface area contributed by atoms with Gasteiger partial charge in [0.15, 0.2) is 23.1 Å². The number of Topliss-reactive ketones (excluding diaryl/α,β-unsaturated/α-hetero) is 4. The predicted octanol–water partition coefficient (Wildman–Crippen LogP) is 2.19. The van der Waals surface area contributed by atoms with Crippen LogP contribution in [0.4, 0.5) is 0 Å². The van der Waals surface area contributed by atoms with E-state index in [4.69, 9.17) is 14.2 Å². The maximum absolute atomic E-state index is 13.9. The van der Waals surface area contributed by atoms with Crippen LogP contribution in [0.15, 0.2) is 56.6 Å². The largest absolute Gasteiger partial charge is 0.492 e. The molecular formula is C33H35N3O8. The fraction of sp³-hybridized carbons (Fsp3) is 0.515. The number of ketones is 4. The molecule has 1 saturated heterocycles. The molecule has 6 rings (SSSR count). The molecular weight excluding hydrogens is 566 g/mol. The number of hydrogen-bond donors (Lipinski definition) is 0. The first-order valence-electron chi connectivity index (χ1n) is 15.0. The van der Waals surface area contributed by atoms with E-state index < -0.39 is 47.7 Å². The van der Waals surface area contributed by atoms with Gasteiger partial charge in [-0.25, -0.2) is 4.79 Å². The molecule has 0 N–H and O–H groups in total. The van der Waals surface area contributed by atoms with Crippen LogP contribution >= 0.6 is 0 Å². The lowest BCUT2D eigenvalue weighted by atomic mass is 9.67. The van der Waals surface area contributed by atoms with E-state index in [1.54, 1.807) is 6.92 Å². The van der Waals surface area contributed by atoms with Crippen molar-refractivity contribution in [1.82, 2.24) is 9.80 Å². The van der Waals surface area contributed by atoms with Gasteiger partial charge in [0.05, 0.1) is 32.4 Å². The summed E-state index contributed by atoms with van der Waals surface area (Å²) in [5.41, 5.74) is 2.00. The van der Waals surface area contributed by atoms with Crippen LogP contribution in [0.1, 0.15) is 52.4 Å². The lowest BCUT2D eigenvalue weighted by Gasteiger charge is -2.60.